The van der Waals surface area contributed by atoms with Gasteiger partial charge in [-0.3, -0.25) is 9.59 Å². The van der Waals surface area contributed by atoms with Gasteiger partial charge in [-0.2, -0.15) is 0 Å². The number of nitrogen functional groups attached to an aromatic ring is 1. The van der Waals surface area contributed by atoms with Crippen LogP contribution < -0.4 is 11.1 Å². The van der Waals surface area contributed by atoms with Crippen molar-refractivity contribution < 1.29 is 9.59 Å². The Morgan fingerprint density at radius 3 is 2.77 bits per heavy atom. The number of anilines is 1. The minimum atomic E-state index is -0.518. The van der Waals surface area contributed by atoms with Crippen molar-refractivity contribution in [3.63, 3.8) is 0 Å². The summed E-state index contributed by atoms with van der Waals surface area (Å²) in [5, 5.41) is 4.75. The molecule has 1 fully saturated rings. The topological polar surface area (TPSA) is 75.4 Å². The molecule has 2 aromatic rings. The lowest BCUT2D eigenvalue weighted by atomic mass is 10.1. The van der Waals surface area contributed by atoms with Crippen LogP contribution in [0.25, 0.3) is 0 Å². The molecule has 2 heterocycles. The predicted molar refractivity (Wildman–Crippen MR) is 86.3 cm³/mol. The second kappa shape index (κ2) is 6.19. The Kier molecular flexibility index (Phi) is 4.11. The minimum Gasteiger partial charge on any atom is -0.399 e. The number of carbonyl (C=O) groups excluding carboxylic acids is 2. The molecule has 6 heteroatoms. The number of carbonyl (C=O) groups is 2. The smallest absolute Gasteiger partial charge is 0.248 e. The molecule has 1 unspecified atom stereocenters. The average Bonchev–Trinajstić information content (AvgIpc) is 3.03. The van der Waals surface area contributed by atoms with Crippen molar-refractivity contribution in [3.05, 3.63) is 52.2 Å². The van der Waals surface area contributed by atoms with Crippen molar-refractivity contribution in [3.8, 4) is 0 Å². The molecule has 2 amide bonds. The maximum Gasteiger partial charge on any atom is 0.248 e. The van der Waals surface area contributed by atoms with Gasteiger partial charge in [0.25, 0.3) is 0 Å². The van der Waals surface area contributed by atoms with Gasteiger partial charge in [0.05, 0.1) is 6.42 Å². The van der Waals surface area contributed by atoms with E-state index in [1.165, 1.54) is 11.3 Å². The van der Waals surface area contributed by atoms with Gasteiger partial charge in [0.1, 0.15) is 6.04 Å². The number of amides is 2. The number of hydrogen-bond acceptors (Lipinski definition) is 4. The highest BCUT2D eigenvalue weighted by Crippen LogP contribution is 2.27. The first kappa shape index (κ1) is 14.6. The second-order valence-electron chi connectivity index (χ2n) is 5.21. The second-order valence-corrected chi connectivity index (χ2v) is 6.19. The van der Waals surface area contributed by atoms with Gasteiger partial charge in [-0.1, -0.05) is 18.2 Å². The molecule has 1 aromatic heterocycles. The molecule has 5 nitrogen and oxygen atoms in total. The largest absolute Gasteiger partial charge is 0.399 e. The van der Waals surface area contributed by atoms with Crippen molar-refractivity contribution in [1.29, 1.82) is 0 Å². The first-order valence-corrected chi connectivity index (χ1v) is 7.98. The summed E-state index contributed by atoms with van der Waals surface area (Å²) in [6.45, 7) is 1.02. The Hall–Kier alpha value is -2.34. The molecule has 0 radical (unpaired) electrons. The van der Waals surface area contributed by atoms with Crippen LogP contribution in [0.3, 0.4) is 0 Å². The number of thiophene rings is 1. The summed E-state index contributed by atoms with van der Waals surface area (Å²) in [6.07, 6.45) is 0.273. The molecule has 1 aliphatic rings. The fourth-order valence-electron chi connectivity index (χ4n) is 2.58. The Bertz CT molecular complexity index is 667. The quantitative estimate of drug-likeness (QED) is 0.844. The van der Waals surface area contributed by atoms with Gasteiger partial charge in [0.15, 0.2) is 0 Å². The Morgan fingerprint density at radius 2 is 2.09 bits per heavy atom. The molecule has 1 aromatic carbocycles. The number of nitrogens with two attached hydrogens (primary N) is 1. The Labute approximate surface area is 132 Å². The van der Waals surface area contributed by atoms with Gasteiger partial charge < -0.3 is 16.0 Å². The average molecular weight is 315 g/mol. The van der Waals surface area contributed by atoms with E-state index in [0.717, 1.165) is 10.4 Å². The summed E-state index contributed by atoms with van der Waals surface area (Å²) in [5.74, 6) is -0.155. The predicted octanol–water partition coefficient (Wildman–Crippen LogP) is 1.57. The number of nitrogens with zero attached hydrogens (tertiary/aromatic N) is 1. The van der Waals surface area contributed by atoms with Crippen LogP contribution in [0.4, 0.5) is 5.69 Å². The number of hydrogen-bond donors (Lipinski definition) is 2. The number of rotatable bonds is 3. The van der Waals surface area contributed by atoms with E-state index < -0.39 is 6.04 Å². The van der Waals surface area contributed by atoms with Crippen LogP contribution in [0.5, 0.6) is 0 Å². The zero-order chi connectivity index (χ0) is 15.5. The van der Waals surface area contributed by atoms with E-state index in [2.05, 4.69) is 5.32 Å². The van der Waals surface area contributed by atoms with E-state index in [4.69, 9.17) is 5.73 Å². The third-order valence-corrected chi connectivity index (χ3v) is 4.60. The Morgan fingerprint density at radius 1 is 1.32 bits per heavy atom. The van der Waals surface area contributed by atoms with Gasteiger partial charge in [0, 0.05) is 23.7 Å². The lowest BCUT2D eigenvalue weighted by Crippen LogP contribution is -2.52. The van der Waals surface area contributed by atoms with Crippen molar-refractivity contribution in [2.45, 2.75) is 12.5 Å². The first-order valence-electron chi connectivity index (χ1n) is 7.10. The summed E-state index contributed by atoms with van der Waals surface area (Å²) in [6, 6.07) is 10.5. The number of piperazine rings is 1. The van der Waals surface area contributed by atoms with Gasteiger partial charge in [0.2, 0.25) is 11.8 Å². The molecule has 3 rings (SSSR count). The lowest BCUT2D eigenvalue weighted by molar-refractivity contribution is -0.143. The summed E-state index contributed by atoms with van der Waals surface area (Å²) in [4.78, 5) is 27.4. The molecular weight excluding hydrogens is 298 g/mol. The molecule has 0 aliphatic carbocycles. The van der Waals surface area contributed by atoms with Gasteiger partial charge in [-0.05, 0) is 29.1 Å². The van der Waals surface area contributed by atoms with E-state index in [-0.39, 0.29) is 18.2 Å². The molecular formula is C16H17N3O2S. The normalized spacial score (nSPS) is 18.1. The van der Waals surface area contributed by atoms with Crippen molar-refractivity contribution in [2.24, 2.45) is 0 Å². The van der Waals surface area contributed by atoms with Gasteiger partial charge in [-0.25, -0.2) is 0 Å². The van der Waals surface area contributed by atoms with Gasteiger partial charge >= 0.3 is 0 Å². The van der Waals surface area contributed by atoms with Crippen molar-refractivity contribution in [1.82, 2.24) is 10.2 Å². The molecule has 114 valence electrons. The van der Waals surface area contributed by atoms with Crippen LogP contribution in [0.1, 0.15) is 16.5 Å². The highest BCUT2D eigenvalue weighted by atomic mass is 32.1. The van der Waals surface area contributed by atoms with Crippen molar-refractivity contribution >= 4 is 28.8 Å². The standard InChI is InChI=1S/C16H17N3O2S/c17-12-5-3-11(4-6-12)10-14(20)19-8-7-18-16(21)15(19)13-2-1-9-22-13/h1-6,9,15H,7-8,10,17H2,(H,18,21). The fourth-order valence-corrected chi connectivity index (χ4v) is 3.41. The molecule has 0 saturated carbocycles. The zero-order valence-corrected chi connectivity index (χ0v) is 12.8. The van der Waals surface area contributed by atoms with E-state index in [1.807, 2.05) is 29.6 Å². The molecule has 22 heavy (non-hydrogen) atoms. The summed E-state index contributed by atoms with van der Waals surface area (Å²) in [5.41, 5.74) is 7.23. The van der Waals surface area contributed by atoms with Crippen LogP contribution in [0.2, 0.25) is 0 Å². The maximum atomic E-state index is 12.6. The highest BCUT2D eigenvalue weighted by Gasteiger charge is 2.34. The fraction of sp³-hybridized carbons (Fsp3) is 0.250. The van der Waals surface area contributed by atoms with E-state index in [0.29, 0.717) is 18.8 Å². The summed E-state index contributed by atoms with van der Waals surface area (Å²) >= 11 is 1.49. The Balaban J connectivity index is 1.79. The van der Waals surface area contributed by atoms with Crippen LogP contribution in [0, 0.1) is 0 Å². The first-order chi connectivity index (χ1) is 10.6. The van der Waals surface area contributed by atoms with Gasteiger partial charge in [-0.15, -0.1) is 11.3 Å². The molecule has 1 atom stereocenters. The molecule has 1 saturated heterocycles. The SMILES string of the molecule is Nc1ccc(CC(=O)N2CCNC(=O)C2c2cccs2)cc1. The lowest BCUT2D eigenvalue weighted by Gasteiger charge is -2.34. The van der Waals surface area contributed by atoms with E-state index in [1.54, 1.807) is 17.0 Å². The maximum absolute atomic E-state index is 12.6. The molecule has 0 bridgehead atoms. The summed E-state index contributed by atoms with van der Waals surface area (Å²) in [7, 11) is 0. The zero-order valence-electron chi connectivity index (χ0n) is 12.0. The van der Waals surface area contributed by atoms with E-state index >= 15 is 0 Å². The van der Waals surface area contributed by atoms with Crippen LogP contribution >= 0.6 is 11.3 Å². The monoisotopic (exact) mass is 315 g/mol. The molecule has 1 aliphatic heterocycles. The van der Waals surface area contributed by atoms with Crippen molar-refractivity contribution in [2.75, 3.05) is 18.8 Å². The van der Waals surface area contributed by atoms with Crippen LogP contribution in [-0.2, 0) is 16.0 Å². The molecule has 0 spiro atoms. The third-order valence-electron chi connectivity index (χ3n) is 3.68. The minimum absolute atomic E-state index is 0.0435. The third kappa shape index (κ3) is 2.96. The van der Waals surface area contributed by atoms with E-state index in [9.17, 15) is 9.59 Å². The van der Waals surface area contributed by atoms with Crippen LogP contribution in [0.15, 0.2) is 41.8 Å². The number of nitrogens with one attached hydrogen (secondary N) is 1. The molecule has 3 N–H and O–H groups in total. The highest BCUT2D eigenvalue weighted by molar-refractivity contribution is 7.10. The number of benzene rings is 1. The van der Waals surface area contributed by atoms with Crippen LogP contribution in [-0.4, -0.2) is 29.8 Å². The summed E-state index contributed by atoms with van der Waals surface area (Å²) < 4.78 is 0.